The number of methoxy groups -OCH3 is 1. The zero-order chi connectivity index (χ0) is 17.9. The van der Waals surface area contributed by atoms with Crippen LogP contribution >= 0.6 is 23.2 Å². The van der Waals surface area contributed by atoms with Gasteiger partial charge in [-0.1, -0.05) is 36.0 Å². The van der Waals surface area contributed by atoms with Crippen LogP contribution in [0.2, 0.25) is 10.0 Å². The van der Waals surface area contributed by atoms with Gasteiger partial charge in [0.15, 0.2) is 0 Å². The summed E-state index contributed by atoms with van der Waals surface area (Å²) in [6.45, 7) is 0. The van der Waals surface area contributed by atoms with E-state index in [1.807, 2.05) is 0 Å². The van der Waals surface area contributed by atoms with E-state index >= 15 is 0 Å². The van der Waals surface area contributed by atoms with Crippen LogP contribution in [0.5, 0.6) is 5.75 Å². The summed E-state index contributed by atoms with van der Waals surface area (Å²) in [5.41, 5.74) is 2.69. The maximum atomic E-state index is 11.6. The number of rotatable bonds is 9. The predicted octanol–water partition coefficient (Wildman–Crippen LogP) is 3.66. The molecule has 0 bridgehead atoms. The molecule has 0 atom stereocenters. The number of carbonyl (C=O) groups is 2. The fraction of sp³-hybridized carbons (Fsp3) is 0.438. The predicted molar refractivity (Wildman–Crippen MR) is 93.6 cm³/mol. The summed E-state index contributed by atoms with van der Waals surface area (Å²) in [6, 6.07) is 2.90. The summed E-state index contributed by atoms with van der Waals surface area (Å²) >= 11 is 11.6. The number of halogens is 2. The van der Waals surface area contributed by atoms with Gasteiger partial charge >= 0.3 is 5.97 Å². The summed E-state index contributed by atoms with van der Waals surface area (Å²) in [5.74, 6) is -0.594. The first-order valence-electron chi connectivity index (χ1n) is 7.50. The number of unbranched alkanes of at least 4 members (excludes halogenated alkanes) is 3. The highest BCUT2D eigenvalue weighted by molar-refractivity contribution is 6.36. The van der Waals surface area contributed by atoms with Crippen molar-refractivity contribution < 1.29 is 19.4 Å². The highest BCUT2D eigenvalue weighted by Gasteiger charge is 2.06. The van der Waals surface area contributed by atoms with Gasteiger partial charge in [0, 0.05) is 23.4 Å². The maximum Gasteiger partial charge on any atom is 0.305 e. The Kier molecular flexibility index (Phi) is 9.19. The first-order valence-corrected chi connectivity index (χ1v) is 8.26. The van der Waals surface area contributed by atoms with E-state index in [0.717, 1.165) is 19.3 Å². The number of esters is 1. The van der Waals surface area contributed by atoms with E-state index in [9.17, 15) is 14.7 Å². The average molecular weight is 375 g/mol. The number of benzene rings is 1. The number of aromatic hydroxyl groups is 1. The van der Waals surface area contributed by atoms with Gasteiger partial charge in [-0.05, 0) is 25.0 Å². The highest BCUT2D eigenvalue weighted by Crippen LogP contribution is 2.29. The lowest BCUT2D eigenvalue weighted by molar-refractivity contribution is -0.140. The SMILES string of the molecule is COC(=O)CCCCCCC(=O)N/N=C/c1cc(Cl)cc(Cl)c1O. The lowest BCUT2D eigenvalue weighted by atomic mass is 10.1. The molecule has 1 amide bonds. The van der Waals surface area contributed by atoms with Crippen molar-refractivity contribution in [2.24, 2.45) is 5.10 Å². The van der Waals surface area contributed by atoms with E-state index in [0.29, 0.717) is 29.8 Å². The normalized spacial score (nSPS) is 10.8. The Morgan fingerprint density at radius 3 is 2.54 bits per heavy atom. The molecule has 0 fully saturated rings. The van der Waals surface area contributed by atoms with E-state index in [-0.39, 0.29) is 22.6 Å². The monoisotopic (exact) mass is 374 g/mol. The number of carbonyl (C=O) groups excluding carboxylic acids is 2. The number of ether oxygens (including phenoxy) is 1. The molecule has 0 aliphatic carbocycles. The average Bonchev–Trinajstić information content (AvgIpc) is 2.54. The van der Waals surface area contributed by atoms with Crippen molar-refractivity contribution in [1.82, 2.24) is 5.43 Å². The largest absolute Gasteiger partial charge is 0.506 e. The molecule has 0 aliphatic rings. The second-order valence-electron chi connectivity index (χ2n) is 5.11. The number of phenolic OH excluding ortho intramolecular Hbond substituents is 1. The topological polar surface area (TPSA) is 88.0 Å². The summed E-state index contributed by atoms with van der Waals surface area (Å²) in [5, 5.41) is 14.0. The van der Waals surface area contributed by atoms with Gasteiger partial charge in [-0.15, -0.1) is 0 Å². The molecule has 2 N–H and O–H groups in total. The minimum absolute atomic E-state index is 0.113. The minimum Gasteiger partial charge on any atom is -0.506 e. The maximum absolute atomic E-state index is 11.6. The van der Waals surface area contributed by atoms with Gasteiger partial charge in [-0.2, -0.15) is 5.10 Å². The summed E-state index contributed by atoms with van der Waals surface area (Å²) in [4.78, 5) is 22.5. The van der Waals surface area contributed by atoms with Gasteiger partial charge in [-0.3, -0.25) is 9.59 Å². The number of hydrazone groups is 1. The smallest absolute Gasteiger partial charge is 0.305 e. The fourth-order valence-electron chi connectivity index (χ4n) is 1.92. The molecule has 0 radical (unpaired) electrons. The van der Waals surface area contributed by atoms with Gasteiger partial charge < -0.3 is 9.84 Å². The molecule has 0 aliphatic heterocycles. The van der Waals surface area contributed by atoms with E-state index in [1.54, 1.807) is 0 Å². The van der Waals surface area contributed by atoms with E-state index in [4.69, 9.17) is 23.2 Å². The minimum atomic E-state index is -0.230. The van der Waals surface area contributed by atoms with Crippen molar-refractivity contribution in [3.63, 3.8) is 0 Å². The Morgan fingerprint density at radius 2 is 1.88 bits per heavy atom. The number of nitrogens with one attached hydrogen (secondary N) is 1. The Hall–Kier alpha value is -1.79. The van der Waals surface area contributed by atoms with Crippen LogP contribution < -0.4 is 5.43 Å². The molecule has 0 spiro atoms. The summed E-state index contributed by atoms with van der Waals surface area (Å²) < 4.78 is 4.55. The Bertz CT molecular complexity index is 606. The zero-order valence-corrected chi connectivity index (χ0v) is 14.9. The molecule has 0 saturated carbocycles. The molecule has 6 nitrogen and oxygen atoms in total. The number of hydrogen-bond acceptors (Lipinski definition) is 5. The Balaban J connectivity index is 2.26. The van der Waals surface area contributed by atoms with E-state index in [2.05, 4.69) is 15.3 Å². The lowest BCUT2D eigenvalue weighted by Gasteiger charge is -2.03. The molecular weight excluding hydrogens is 355 g/mol. The van der Waals surface area contributed by atoms with Crippen molar-refractivity contribution in [3.05, 3.63) is 27.7 Å². The van der Waals surface area contributed by atoms with Crippen LogP contribution in [-0.2, 0) is 14.3 Å². The van der Waals surface area contributed by atoms with Crippen LogP contribution in [0.1, 0.15) is 44.1 Å². The molecule has 24 heavy (non-hydrogen) atoms. The van der Waals surface area contributed by atoms with Crippen molar-refractivity contribution in [2.45, 2.75) is 38.5 Å². The van der Waals surface area contributed by atoms with Crippen LogP contribution in [-0.4, -0.2) is 30.3 Å². The first kappa shape index (κ1) is 20.3. The number of phenols is 1. The second-order valence-corrected chi connectivity index (χ2v) is 5.95. The van der Waals surface area contributed by atoms with Crippen molar-refractivity contribution in [1.29, 1.82) is 0 Å². The van der Waals surface area contributed by atoms with Crippen molar-refractivity contribution >= 4 is 41.3 Å². The fourth-order valence-corrected chi connectivity index (χ4v) is 2.43. The second kappa shape index (κ2) is 10.9. The molecule has 1 aromatic carbocycles. The van der Waals surface area contributed by atoms with Crippen LogP contribution in [0.25, 0.3) is 0 Å². The molecule has 0 aromatic heterocycles. The third-order valence-corrected chi connectivity index (χ3v) is 3.72. The zero-order valence-electron chi connectivity index (χ0n) is 13.3. The van der Waals surface area contributed by atoms with Gasteiger partial charge in [0.05, 0.1) is 18.3 Å². The number of nitrogens with zero attached hydrogens (tertiary/aromatic N) is 1. The summed E-state index contributed by atoms with van der Waals surface area (Å²) in [6.07, 6.45) is 5.18. The van der Waals surface area contributed by atoms with Crippen LogP contribution in [0, 0.1) is 0 Å². The number of amides is 1. The standard InChI is InChI=1S/C16H20Cl2N2O4/c1-24-15(22)7-5-3-2-4-6-14(21)20-19-10-11-8-12(17)9-13(18)16(11)23/h8-10,23H,2-7H2,1H3,(H,20,21)/b19-10+. The quantitative estimate of drug-likeness (QED) is 0.298. The van der Waals surface area contributed by atoms with Crippen LogP contribution in [0.4, 0.5) is 0 Å². The van der Waals surface area contributed by atoms with Gasteiger partial charge in [0.2, 0.25) is 5.91 Å². The van der Waals surface area contributed by atoms with E-state index < -0.39 is 0 Å². The summed E-state index contributed by atoms with van der Waals surface area (Å²) in [7, 11) is 1.37. The van der Waals surface area contributed by atoms with E-state index in [1.165, 1.54) is 25.5 Å². The molecule has 0 heterocycles. The third-order valence-electron chi connectivity index (χ3n) is 3.21. The van der Waals surface area contributed by atoms with Crippen LogP contribution in [0.15, 0.2) is 17.2 Å². The molecule has 8 heteroatoms. The van der Waals surface area contributed by atoms with Crippen molar-refractivity contribution in [3.8, 4) is 5.75 Å². The first-order chi connectivity index (χ1) is 11.4. The molecule has 132 valence electrons. The molecule has 0 unspecified atom stereocenters. The highest BCUT2D eigenvalue weighted by atomic mass is 35.5. The molecular formula is C16H20Cl2N2O4. The number of hydrogen-bond donors (Lipinski definition) is 2. The van der Waals surface area contributed by atoms with Gasteiger partial charge in [0.1, 0.15) is 5.75 Å². The lowest BCUT2D eigenvalue weighted by Crippen LogP contribution is -2.16. The van der Waals surface area contributed by atoms with Gasteiger partial charge in [0.25, 0.3) is 0 Å². The Morgan fingerprint density at radius 1 is 1.21 bits per heavy atom. The van der Waals surface area contributed by atoms with Gasteiger partial charge in [-0.25, -0.2) is 5.43 Å². The van der Waals surface area contributed by atoms with Crippen molar-refractivity contribution in [2.75, 3.05) is 7.11 Å². The molecule has 1 rings (SSSR count). The van der Waals surface area contributed by atoms with Crippen LogP contribution in [0.3, 0.4) is 0 Å². The third kappa shape index (κ3) is 7.66. The molecule has 1 aromatic rings. The molecule has 0 saturated heterocycles. The Labute approximate surface area is 150 Å².